The molecule has 0 bridgehead atoms. The third kappa shape index (κ3) is 5.21. The van der Waals surface area contributed by atoms with Crippen LogP contribution in [0.1, 0.15) is 83.3 Å². The first-order valence-corrected chi connectivity index (χ1v) is 14.7. The van der Waals surface area contributed by atoms with E-state index in [1.807, 2.05) is 50.6 Å². The molecule has 4 heterocycles. The summed E-state index contributed by atoms with van der Waals surface area (Å²) in [6.45, 7) is 8.90. The Balaban J connectivity index is 1.32. The van der Waals surface area contributed by atoms with Gasteiger partial charge < -0.3 is 19.2 Å². The van der Waals surface area contributed by atoms with Gasteiger partial charge in [0.2, 0.25) is 0 Å². The number of halogens is 1. The number of aliphatic hydroxyl groups excluding tert-OH is 1. The third-order valence-corrected chi connectivity index (χ3v) is 9.91. The zero-order valence-electron chi connectivity index (χ0n) is 22.4. The molecule has 2 saturated heterocycles. The topological polar surface area (TPSA) is 78.6 Å². The molecule has 0 radical (unpaired) electrons. The first-order valence-electron chi connectivity index (χ1n) is 13.6. The molecule has 3 fully saturated rings. The van der Waals surface area contributed by atoms with Crippen molar-refractivity contribution in [3.8, 4) is 10.7 Å². The molecule has 202 valence electrons. The minimum Gasteiger partial charge on any atom is -0.399 e. The van der Waals surface area contributed by atoms with Gasteiger partial charge in [0.25, 0.3) is 0 Å². The van der Waals surface area contributed by atoms with Gasteiger partial charge in [-0.3, -0.25) is 0 Å². The monoisotopic (exact) mass is 555 g/mol. The summed E-state index contributed by atoms with van der Waals surface area (Å²) in [5, 5.41) is 16.9. The summed E-state index contributed by atoms with van der Waals surface area (Å²) >= 11 is 7.60. The van der Waals surface area contributed by atoms with E-state index in [9.17, 15) is 5.11 Å². The largest absolute Gasteiger partial charge is 0.505 e. The highest BCUT2D eigenvalue weighted by molar-refractivity contribution is 7.25. The molecule has 0 spiro atoms. The Morgan fingerprint density at radius 2 is 1.82 bits per heavy atom. The van der Waals surface area contributed by atoms with Gasteiger partial charge in [-0.05, 0) is 82.6 Å². The average molecular weight is 556 g/mol. The number of hydrogen-bond donors (Lipinski definition) is 1. The quantitative estimate of drug-likeness (QED) is 0.373. The Kier molecular flexibility index (Phi) is 6.98. The summed E-state index contributed by atoms with van der Waals surface area (Å²) in [5.41, 5.74) is 0.528. The fourth-order valence-corrected chi connectivity index (χ4v) is 6.50. The van der Waals surface area contributed by atoms with Crippen molar-refractivity contribution in [3.63, 3.8) is 0 Å². The van der Waals surface area contributed by atoms with Crippen LogP contribution in [0.3, 0.4) is 0 Å². The third-order valence-electron chi connectivity index (χ3n) is 8.49. The van der Waals surface area contributed by atoms with Gasteiger partial charge in [0.15, 0.2) is 12.1 Å². The van der Waals surface area contributed by atoms with E-state index in [-0.39, 0.29) is 6.23 Å². The SMILES string of the molecule is CC1(C)OB(c2cc(C(O)c3ccc(Cl)cc3)c(-c3ncn(C4CC(CC5CC5)CCO4)n3)s2)OC1(C)C. The van der Waals surface area contributed by atoms with Crippen LogP contribution in [0.4, 0.5) is 0 Å². The molecule has 7 nitrogen and oxygen atoms in total. The molecule has 6 rings (SSSR count). The lowest BCUT2D eigenvalue weighted by Crippen LogP contribution is -2.41. The van der Waals surface area contributed by atoms with Gasteiger partial charge in [-0.2, -0.15) is 0 Å². The zero-order valence-corrected chi connectivity index (χ0v) is 24.0. The predicted molar refractivity (Wildman–Crippen MR) is 150 cm³/mol. The number of thiophene rings is 1. The van der Waals surface area contributed by atoms with Gasteiger partial charge in [-0.1, -0.05) is 36.6 Å². The lowest BCUT2D eigenvalue weighted by molar-refractivity contribution is -0.0628. The molecule has 1 aromatic carbocycles. The highest BCUT2D eigenvalue weighted by atomic mass is 35.5. The molecule has 1 aliphatic carbocycles. The second-order valence-electron chi connectivity index (χ2n) is 11.9. The van der Waals surface area contributed by atoms with Crippen molar-refractivity contribution in [2.75, 3.05) is 6.61 Å². The number of nitrogens with zero attached hydrogens (tertiary/aromatic N) is 3. The van der Waals surface area contributed by atoms with Crippen molar-refractivity contribution in [1.29, 1.82) is 0 Å². The fourth-order valence-electron chi connectivity index (χ4n) is 5.29. The maximum absolute atomic E-state index is 11.5. The van der Waals surface area contributed by atoms with Crippen LogP contribution in [0.2, 0.25) is 5.02 Å². The normalized spacial score (nSPS) is 25.6. The van der Waals surface area contributed by atoms with Gasteiger partial charge >= 0.3 is 7.12 Å². The molecule has 1 saturated carbocycles. The van der Waals surface area contributed by atoms with Gasteiger partial charge in [-0.15, -0.1) is 16.4 Å². The van der Waals surface area contributed by atoms with Crippen LogP contribution in [-0.4, -0.2) is 44.8 Å². The second kappa shape index (κ2) is 10.0. The zero-order chi connectivity index (χ0) is 26.7. The maximum Gasteiger partial charge on any atom is 0.505 e. The number of aromatic nitrogens is 3. The van der Waals surface area contributed by atoms with E-state index in [1.165, 1.54) is 30.6 Å². The lowest BCUT2D eigenvalue weighted by atomic mass is 9.86. The van der Waals surface area contributed by atoms with Crippen LogP contribution in [0.5, 0.6) is 0 Å². The molecular weight excluding hydrogens is 521 g/mol. The number of hydrogen-bond acceptors (Lipinski definition) is 7. The average Bonchev–Trinajstić information content (AvgIpc) is 3.29. The molecule has 3 unspecified atom stereocenters. The van der Waals surface area contributed by atoms with Crippen molar-refractivity contribution in [2.24, 2.45) is 11.8 Å². The molecule has 10 heteroatoms. The van der Waals surface area contributed by atoms with Crippen LogP contribution in [0.15, 0.2) is 36.7 Å². The van der Waals surface area contributed by atoms with Gasteiger partial charge in [0, 0.05) is 22.0 Å². The summed E-state index contributed by atoms with van der Waals surface area (Å²) in [6, 6.07) is 9.21. The molecule has 3 aromatic rings. The molecule has 3 atom stereocenters. The Morgan fingerprint density at radius 1 is 1.11 bits per heavy atom. The molecule has 3 aliphatic rings. The minimum atomic E-state index is -0.879. The first kappa shape index (κ1) is 26.5. The van der Waals surface area contributed by atoms with Crippen LogP contribution < -0.4 is 4.78 Å². The second-order valence-corrected chi connectivity index (χ2v) is 13.4. The summed E-state index contributed by atoms with van der Waals surface area (Å²) < 4.78 is 21.5. The van der Waals surface area contributed by atoms with E-state index in [4.69, 9.17) is 30.7 Å². The molecule has 0 amide bonds. The summed E-state index contributed by atoms with van der Waals surface area (Å²) in [4.78, 5) is 5.47. The minimum absolute atomic E-state index is 0.110. The highest BCUT2D eigenvalue weighted by Crippen LogP contribution is 2.42. The van der Waals surface area contributed by atoms with Crippen LogP contribution in [0, 0.1) is 11.8 Å². The standard InChI is InChI=1S/C28H35BClN3O4S/c1-27(2)28(3,4)37-29(36-27)22-15-21(24(34)19-7-9-20(30)10-8-19)25(38-22)26-31-16-33(32-26)23-14-18(11-12-35-23)13-17-5-6-17/h7-10,15-18,23-24,34H,5-6,11-14H2,1-4H3. The van der Waals surface area contributed by atoms with E-state index >= 15 is 0 Å². The Hall–Kier alpha value is -1.75. The Labute approximate surface area is 233 Å². The van der Waals surface area contributed by atoms with E-state index in [2.05, 4.69) is 4.98 Å². The Bertz CT molecular complexity index is 1270. The van der Waals surface area contributed by atoms with Crippen LogP contribution in [0.25, 0.3) is 10.7 Å². The summed E-state index contributed by atoms with van der Waals surface area (Å²) in [6.07, 6.45) is 6.89. The molecule has 38 heavy (non-hydrogen) atoms. The van der Waals surface area contributed by atoms with E-state index < -0.39 is 24.4 Å². The predicted octanol–water partition coefficient (Wildman–Crippen LogP) is 5.77. The van der Waals surface area contributed by atoms with Crippen molar-refractivity contribution in [2.45, 2.75) is 83.3 Å². The number of aliphatic hydroxyl groups is 1. The first-order chi connectivity index (χ1) is 18.1. The number of benzene rings is 1. The van der Waals surface area contributed by atoms with E-state index in [0.29, 0.717) is 16.8 Å². The van der Waals surface area contributed by atoms with Crippen molar-refractivity contribution in [1.82, 2.24) is 14.8 Å². The number of ether oxygens (including phenoxy) is 1. The van der Waals surface area contributed by atoms with Gasteiger partial charge in [-0.25, -0.2) is 9.67 Å². The smallest absolute Gasteiger partial charge is 0.399 e. The van der Waals surface area contributed by atoms with Crippen molar-refractivity contribution in [3.05, 3.63) is 52.8 Å². The maximum atomic E-state index is 11.5. The van der Waals surface area contributed by atoms with E-state index in [0.717, 1.165) is 46.1 Å². The Morgan fingerprint density at radius 3 is 2.50 bits per heavy atom. The lowest BCUT2D eigenvalue weighted by Gasteiger charge is -2.32. The molecule has 2 aromatic heterocycles. The molecule has 2 aliphatic heterocycles. The summed E-state index contributed by atoms with van der Waals surface area (Å²) in [5.74, 6) is 2.14. The number of rotatable bonds is 7. The van der Waals surface area contributed by atoms with Crippen LogP contribution >= 0.6 is 22.9 Å². The van der Waals surface area contributed by atoms with Crippen molar-refractivity contribution < 1.29 is 19.2 Å². The van der Waals surface area contributed by atoms with Gasteiger partial charge in [0.1, 0.15) is 12.4 Å². The highest BCUT2D eigenvalue weighted by Gasteiger charge is 2.52. The molecular formula is C28H35BClN3O4S. The van der Waals surface area contributed by atoms with Gasteiger partial charge in [0.05, 0.1) is 16.1 Å². The van der Waals surface area contributed by atoms with E-state index in [1.54, 1.807) is 18.5 Å². The molecule has 1 N–H and O–H groups in total. The van der Waals surface area contributed by atoms with Crippen LogP contribution in [-0.2, 0) is 14.0 Å². The van der Waals surface area contributed by atoms with Crippen molar-refractivity contribution >= 4 is 34.8 Å². The fraction of sp³-hybridized carbons (Fsp3) is 0.571. The summed E-state index contributed by atoms with van der Waals surface area (Å²) in [7, 11) is -0.540.